The van der Waals surface area contributed by atoms with Crippen LogP contribution in [-0.4, -0.2) is 101 Å². The SMILES string of the molecule is CC(C)N1CCN(c2ccc(-c3nc4cccc(Cl)c4c(=O)[nH]3)cc2)CC1.COc1cccc2c(=O)[nH]c(-c3ccc(N4CCN(C(C)C)CC4)cc3)nc12. The second kappa shape index (κ2) is 16.6. The van der Waals surface area contributed by atoms with E-state index in [1.807, 2.05) is 36.4 Å². The summed E-state index contributed by atoms with van der Waals surface area (Å²) in [5, 5.41) is 1.38. The van der Waals surface area contributed by atoms with Gasteiger partial charge in [-0.05, 0) is 100 Å². The van der Waals surface area contributed by atoms with Crippen LogP contribution in [0.5, 0.6) is 5.75 Å². The molecule has 0 spiro atoms. The molecule has 8 rings (SSSR count). The lowest BCUT2D eigenvalue weighted by Gasteiger charge is -2.38. The highest BCUT2D eigenvalue weighted by molar-refractivity contribution is 6.35. The van der Waals surface area contributed by atoms with Gasteiger partial charge in [0, 0.05) is 86.9 Å². The molecular weight excluding hydrogens is 712 g/mol. The number of rotatable bonds is 7. The fourth-order valence-electron chi connectivity index (χ4n) is 7.38. The van der Waals surface area contributed by atoms with Crippen LogP contribution in [0.3, 0.4) is 0 Å². The Labute approximate surface area is 326 Å². The largest absolute Gasteiger partial charge is 0.494 e. The van der Waals surface area contributed by atoms with Crippen LogP contribution in [-0.2, 0) is 0 Å². The number of para-hydroxylation sites is 1. The van der Waals surface area contributed by atoms with Crippen molar-refractivity contribution in [2.75, 3.05) is 69.3 Å². The zero-order chi connectivity index (χ0) is 38.6. The Balaban J connectivity index is 0.000000169. The molecule has 286 valence electrons. The standard InChI is InChI=1S/C22H26N4O2.C21H23ClN4O/c1-15(2)25-11-13-26(14-12-25)17-9-7-16(8-10-17)21-23-20-18(22(27)24-21)5-4-6-19(20)28-3;1-14(2)25-10-12-26(13-11-25)16-8-6-15(7-9-16)20-23-18-5-3-4-17(22)19(18)21(27)24-20/h4-10,15H,11-14H2,1-3H3,(H,23,24,27);3-9,14H,10-13H2,1-2H3,(H,23,24,27). The zero-order valence-electron chi connectivity index (χ0n) is 32.2. The maximum Gasteiger partial charge on any atom is 0.260 e. The van der Waals surface area contributed by atoms with Gasteiger partial charge in [-0.15, -0.1) is 0 Å². The first-order valence-electron chi connectivity index (χ1n) is 19.0. The summed E-state index contributed by atoms with van der Waals surface area (Å²) >= 11 is 6.13. The van der Waals surface area contributed by atoms with Crippen LogP contribution < -0.4 is 25.7 Å². The number of hydrogen-bond donors (Lipinski definition) is 2. The van der Waals surface area contributed by atoms with Crippen molar-refractivity contribution >= 4 is 44.8 Å². The molecule has 0 unspecified atom stereocenters. The van der Waals surface area contributed by atoms with E-state index in [-0.39, 0.29) is 11.1 Å². The van der Waals surface area contributed by atoms with Crippen molar-refractivity contribution in [2.45, 2.75) is 39.8 Å². The molecule has 55 heavy (non-hydrogen) atoms. The molecular formula is C43H49ClN8O3. The average molecular weight is 761 g/mol. The van der Waals surface area contributed by atoms with Gasteiger partial charge in [0.05, 0.1) is 28.4 Å². The molecule has 0 radical (unpaired) electrons. The van der Waals surface area contributed by atoms with Crippen LogP contribution in [0.15, 0.2) is 94.5 Å². The molecule has 0 atom stereocenters. The fourth-order valence-corrected chi connectivity index (χ4v) is 7.63. The molecule has 4 aromatic carbocycles. The molecule has 2 aromatic heterocycles. The van der Waals surface area contributed by atoms with Gasteiger partial charge in [-0.3, -0.25) is 19.4 Å². The number of aromatic nitrogens is 4. The van der Waals surface area contributed by atoms with Crippen molar-refractivity contribution in [2.24, 2.45) is 0 Å². The number of nitrogens with one attached hydrogen (secondary N) is 2. The first-order chi connectivity index (χ1) is 26.6. The predicted molar refractivity (Wildman–Crippen MR) is 225 cm³/mol. The molecule has 0 aliphatic carbocycles. The second-order valence-electron chi connectivity index (χ2n) is 14.6. The third-order valence-electron chi connectivity index (χ3n) is 10.7. The fraction of sp³-hybridized carbons (Fsp3) is 0.349. The van der Waals surface area contributed by atoms with Gasteiger partial charge >= 0.3 is 0 Å². The third-order valence-corrected chi connectivity index (χ3v) is 11.0. The van der Waals surface area contributed by atoms with Gasteiger partial charge in [-0.1, -0.05) is 23.7 Å². The van der Waals surface area contributed by atoms with E-state index in [1.165, 1.54) is 11.4 Å². The van der Waals surface area contributed by atoms with E-state index in [1.54, 1.807) is 31.4 Å². The second-order valence-corrected chi connectivity index (χ2v) is 15.1. The smallest absolute Gasteiger partial charge is 0.260 e. The maximum atomic E-state index is 12.5. The average Bonchev–Trinajstić information content (AvgIpc) is 3.21. The summed E-state index contributed by atoms with van der Waals surface area (Å²) < 4.78 is 5.37. The monoisotopic (exact) mass is 760 g/mol. The lowest BCUT2D eigenvalue weighted by molar-refractivity contribution is 0.209. The molecule has 12 heteroatoms. The number of ether oxygens (including phenoxy) is 1. The maximum absolute atomic E-state index is 12.5. The number of H-pyrrole nitrogens is 2. The Kier molecular flexibility index (Phi) is 11.5. The van der Waals surface area contributed by atoms with Crippen molar-refractivity contribution in [3.8, 4) is 28.5 Å². The Morgan fingerprint density at radius 3 is 1.62 bits per heavy atom. The molecule has 0 amide bonds. The molecule has 2 aliphatic heterocycles. The van der Waals surface area contributed by atoms with E-state index in [9.17, 15) is 9.59 Å². The van der Waals surface area contributed by atoms with Crippen LogP contribution in [0.25, 0.3) is 44.6 Å². The molecule has 11 nitrogen and oxygen atoms in total. The minimum atomic E-state index is -0.213. The first kappa shape index (κ1) is 38.1. The van der Waals surface area contributed by atoms with Crippen LogP contribution in [0.1, 0.15) is 27.7 Å². The van der Waals surface area contributed by atoms with Gasteiger partial charge in [0.2, 0.25) is 0 Å². The van der Waals surface area contributed by atoms with E-state index in [4.69, 9.17) is 16.3 Å². The number of fused-ring (bicyclic) bond motifs is 2. The Morgan fingerprint density at radius 2 is 1.11 bits per heavy atom. The highest BCUT2D eigenvalue weighted by Gasteiger charge is 2.21. The van der Waals surface area contributed by atoms with Gasteiger partial charge in [0.25, 0.3) is 11.1 Å². The normalized spacial score (nSPS) is 15.5. The summed E-state index contributed by atoms with van der Waals surface area (Å²) in [5.74, 6) is 1.72. The summed E-state index contributed by atoms with van der Waals surface area (Å²) in [5.41, 5.74) is 4.99. The topological polar surface area (TPSA) is 114 Å². The summed E-state index contributed by atoms with van der Waals surface area (Å²) in [6.07, 6.45) is 0. The Hall–Kier alpha value is -5.23. The van der Waals surface area contributed by atoms with Crippen LogP contribution >= 0.6 is 11.6 Å². The van der Waals surface area contributed by atoms with Crippen molar-refractivity contribution in [1.29, 1.82) is 0 Å². The van der Waals surface area contributed by atoms with Crippen molar-refractivity contribution in [3.05, 3.63) is 111 Å². The number of halogens is 1. The van der Waals surface area contributed by atoms with Crippen molar-refractivity contribution < 1.29 is 4.74 Å². The van der Waals surface area contributed by atoms with Gasteiger partial charge in [0.1, 0.15) is 22.9 Å². The number of benzene rings is 4. The summed E-state index contributed by atoms with van der Waals surface area (Å²) in [6, 6.07) is 28.3. The predicted octanol–water partition coefficient (Wildman–Crippen LogP) is 6.90. The lowest BCUT2D eigenvalue weighted by atomic mass is 10.1. The zero-order valence-corrected chi connectivity index (χ0v) is 32.9. The van der Waals surface area contributed by atoms with Gasteiger partial charge in [-0.25, -0.2) is 9.97 Å². The number of hydrogen-bond acceptors (Lipinski definition) is 9. The quantitative estimate of drug-likeness (QED) is 0.179. The number of nitrogens with zero attached hydrogens (tertiary/aromatic N) is 6. The van der Waals surface area contributed by atoms with Crippen LogP contribution in [0, 0.1) is 0 Å². The molecule has 4 heterocycles. The van der Waals surface area contributed by atoms with Crippen molar-refractivity contribution in [1.82, 2.24) is 29.7 Å². The first-order valence-corrected chi connectivity index (χ1v) is 19.4. The molecule has 2 aliphatic rings. The van der Waals surface area contributed by atoms with Gasteiger partial charge < -0.3 is 24.5 Å². The summed E-state index contributed by atoms with van der Waals surface area (Å²) in [4.78, 5) is 49.7. The van der Waals surface area contributed by atoms with Crippen molar-refractivity contribution in [3.63, 3.8) is 0 Å². The highest BCUT2D eigenvalue weighted by atomic mass is 35.5. The molecule has 2 N–H and O–H groups in total. The molecule has 0 saturated carbocycles. The van der Waals surface area contributed by atoms with E-state index in [2.05, 4.69) is 91.5 Å². The van der Waals surface area contributed by atoms with Gasteiger partial charge in [-0.2, -0.15) is 0 Å². The highest BCUT2D eigenvalue weighted by Crippen LogP contribution is 2.27. The minimum absolute atomic E-state index is 0.159. The molecule has 2 fully saturated rings. The van der Waals surface area contributed by atoms with E-state index in [0.717, 1.165) is 63.5 Å². The Morgan fingerprint density at radius 1 is 0.618 bits per heavy atom. The lowest BCUT2D eigenvalue weighted by Crippen LogP contribution is -2.48. The van der Waals surface area contributed by atoms with E-state index >= 15 is 0 Å². The number of methoxy groups -OCH3 is 1. The van der Waals surface area contributed by atoms with E-state index < -0.39 is 0 Å². The summed E-state index contributed by atoms with van der Waals surface area (Å²) in [7, 11) is 1.59. The van der Waals surface area contributed by atoms with E-state index in [0.29, 0.717) is 56.3 Å². The molecule has 0 bridgehead atoms. The summed E-state index contributed by atoms with van der Waals surface area (Å²) in [6.45, 7) is 17.4. The third kappa shape index (κ3) is 8.39. The number of anilines is 2. The molecule has 6 aromatic rings. The number of aromatic amines is 2. The van der Waals surface area contributed by atoms with Gasteiger partial charge in [0.15, 0.2) is 0 Å². The number of piperazine rings is 2. The molecule has 2 saturated heterocycles. The Bertz CT molecular complexity index is 2360. The van der Waals surface area contributed by atoms with Crippen LogP contribution in [0.4, 0.5) is 11.4 Å². The van der Waals surface area contributed by atoms with Crippen LogP contribution in [0.2, 0.25) is 5.02 Å². The minimum Gasteiger partial charge on any atom is -0.494 e.